The number of alkyl halides is 3. The molecule has 2 saturated carbocycles. The van der Waals surface area contributed by atoms with Crippen LogP contribution in [0.3, 0.4) is 0 Å². The van der Waals surface area contributed by atoms with E-state index in [2.05, 4.69) is 15.4 Å². The molecule has 1 aromatic carbocycles. The molecule has 2 aliphatic carbocycles. The van der Waals surface area contributed by atoms with E-state index in [1.807, 2.05) is 26.8 Å². The molecule has 6 rings (SSSR count). The van der Waals surface area contributed by atoms with Crippen LogP contribution in [0.2, 0.25) is 0 Å². The number of amides is 4. The third-order valence-electron chi connectivity index (χ3n) is 12.5. The molecule has 3 heterocycles. The predicted molar refractivity (Wildman–Crippen MR) is 219 cm³/mol. The molecule has 0 bridgehead atoms. The van der Waals surface area contributed by atoms with Crippen molar-refractivity contribution in [3.63, 3.8) is 0 Å². The number of halogens is 3. The molecule has 1 aromatic heterocycles. The SMILES string of the molecule is COC[C@@H]1C[C@H](C)CC/C=C\[C@H]2C[C@]2(C(=O)NS(=O)(=O)C2(C)CC2)NC(=O)[C@@H]2C[C@@H](Oc3nc4cc(OC)ccc4nc3C(C)C)CN2C(=O)[C@H]1NC(=O)OC(C)(C)C(F)(F)F. The van der Waals surface area contributed by atoms with Gasteiger partial charge in [0.2, 0.25) is 33.3 Å². The largest absolute Gasteiger partial charge is 0.497 e. The monoisotopic (exact) mass is 894 g/mol. The second kappa shape index (κ2) is 17.4. The van der Waals surface area contributed by atoms with E-state index in [-0.39, 0.29) is 50.1 Å². The van der Waals surface area contributed by atoms with Crippen LogP contribution in [0.4, 0.5) is 18.0 Å². The number of carbonyl (C=O) groups excluding carboxylic acids is 4. The Labute approximate surface area is 359 Å². The third-order valence-corrected chi connectivity index (χ3v) is 14.6. The van der Waals surface area contributed by atoms with Gasteiger partial charge in [0.05, 0.1) is 36.0 Å². The highest BCUT2D eigenvalue weighted by molar-refractivity contribution is 7.91. The average Bonchev–Trinajstić information content (AvgIpc) is 4.07. The molecule has 4 aliphatic rings. The van der Waals surface area contributed by atoms with E-state index < -0.39 is 85.9 Å². The Balaban J connectivity index is 1.40. The molecule has 0 unspecified atom stereocenters. The maximum absolute atomic E-state index is 15.1. The molecule has 0 spiro atoms. The summed E-state index contributed by atoms with van der Waals surface area (Å²) >= 11 is 0. The number of methoxy groups -OCH3 is 2. The summed E-state index contributed by atoms with van der Waals surface area (Å²) < 4.78 is 91.5. The lowest BCUT2D eigenvalue weighted by Crippen LogP contribution is -2.60. The fraction of sp³-hybridized carbons (Fsp3) is 0.667. The van der Waals surface area contributed by atoms with Crippen LogP contribution in [0.5, 0.6) is 11.6 Å². The van der Waals surface area contributed by atoms with Crippen molar-refractivity contribution in [1.82, 2.24) is 30.2 Å². The van der Waals surface area contributed by atoms with Crippen LogP contribution in [0.15, 0.2) is 30.4 Å². The van der Waals surface area contributed by atoms with Crippen molar-refractivity contribution in [2.45, 2.75) is 133 Å². The first-order valence-corrected chi connectivity index (χ1v) is 22.4. The Kier molecular flexibility index (Phi) is 13.2. The van der Waals surface area contributed by atoms with Gasteiger partial charge in [-0.15, -0.1) is 0 Å². The number of hydrogen-bond donors (Lipinski definition) is 3. The molecular formula is C42H57F3N6O10S. The highest BCUT2D eigenvalue weighted by Gasteiger charge is 2.63. The zero-order valence-corrected chi connectivity index (χ0v) is 37.1. The molecule has 16 nitrogen and oxygen atoms in total. The fourth-order valence-electron chi connectivity index (χ4n) is 8.02. The maximum Gasteiger partial charge on any atom is 0.427 e. The number of ether oxygens (including phenoxy) is 4. The van der Waals surface area contributed by atoms with Crippen molar-refractivity contribution in [2.24, 2.45) is 17.8 Å². The second-order valence-corrected chi connectivity index (χ2v) is 20.3. The Bertz CT molecular complexity index is 2200. The van der Waals surface area contributed by atoms with Crippen LogP contribution < -0.4 is 24.8 Å². The van der Waals surface area contributed by atoms with E-state index >= 15 is 4.79 Å². The van der Waals surface area contributed by atoms with Gasteiger partial charge in [-0.2, -0.15) is 13.2 Å². The first-order chi connectivity index (χ1) is 28.9. The summed E-state index contributed by atoms with van der Waals surface area (Å²) in [6, 6.07) is 2.23. The first-order valence-electron chi connectivity index (χ1n) is 20.9. The Morgan fingerprint density at radius 2 is 1.79 bits per heavy atom. The topological polar surface area (TPSA) is 204 Å². The van der Waals surface area contributed by atoms with E-state index in [1.54, 1.807) is 24.3 Å². The molecule has 2 aromatic rings. The van der Waals surface area contributed by atoms with Gasteiger partial charge in [0.1, 0.15) is 35.2 Å². The normalized spacial score (nSPS) is 28.4. The number of hydrogen-bond acceptors (Lipinski definition) is 12. The van der Waals surface area contributed by atoms with Gasteiger partial charge in [-0.1, -0.05) is 32.9 Å². The molecule has 3 fully saturated rings. The standard InChI is InChI=1S/C42H57F3N6O10S/c1-23(2)32-35(47-30-18-27(59-8)13-14-29(30)46-32)60-28-19-31-34(52)49-41(37(54)50-62(56,57)40(6)15-16-40)20-26(41)12-10-9-11-24(3)17-25(22-58-7)33(36(53)51(31)21-28)48-38(55)61-39(4,5)42(43,44)45/h10,12-14,18,23-26,28,31,33H,9,11,15-17,19-22H2,1-8H3,(H,48,55)(H,49,52)(H,50,54)/b12-10-/t24-,25+,26+,28-,31+,33+,41+/m1/s1. The van der Waals surface area contributed by atoms with Gasteiger partial charge in [-0.3, -0.25) is 19.1 Å². The number of fused-ring (bicyclic) bond motifs is 3. The number of alkyl carbamates (subject to hydrolysis) is 1. The summed E-state index contributed by atoms with van der Waals surface area (Å²) in [6.45, 7) is 8.23. The molecule has 62 heavy (non-hydrogen) atoms. The van der Waals surface area contributed by atoms with Gasteiger partial charge in [-0.25, -0.2) is 23.2 Å². The van der Waals surface area contributed by atoms with Gasteiger partial charge in [0.15, 0.2) is 0 Å². The number of rotatable bonds is 11. The lowest BCUT2D eigenvalue weighted by molar-refractivity contribution is -0.244. The molecular weight excluding hydrogens is 838 g/mol. The zero-order chi connectivity index (χ0) is 45.6. The number of carbonyl (C=O) groups is 4. The summed E-state index contributed by atoms with van der Waals surface area (Å²) in [4.78, 5) is 67.8. The van der Waals surface area contributed by atoms with Crippen LogP contribution in [0.25, 0.3) is 11.0 Å². The number of benzene rings is 1. The number of nitrogens with one attached hydrogen (secondary N) is 3. The Morgan fingerprint density at radius 3 is 2.42 bits per heavy atom. The Hall–Kier alpha value is -4.72. The van der Waals surface area contributed by atoms with Crippen molar-refractivity contribution in [1.29, 1.82) is 0 Å². The first kappa shape index (κ1) is 46.8. The van der Waals surface area contributed by atoms with Crippen LogP contribution >= 0.6 is 0 Å². The van der Waals surface area contributed by atoms with Crippen molar-refractivity contribution in [3.05, 3.63) is 36.0 Å². The minimum atomic E-state index is -4.95. The highest BCUT2D eigenvalue weighted by atomic mass is 32.2. The van der Waals surface area contributed by atoms with Crippen LogP contribution in [-0.2, 0) is 33.9 Å². The van der Waals surface area contributed by atoms with E-state index in [1.165, 1.54) is 26.0 Å². The van der Waals surface area contributed by atoms with Crippen molar-refractivity contribution in [2.75, 3.05) is 27.4 Å². The molecule has 0 radical (unpaired) electrons. The van der Waals surface area contributed by atoms with E-state index in [9.17, 15) is 36.0 Å². The average molecular weight is 895 g/mol. The van der Waals surface area contributed by atoms with Crippen molar-refractivity contribution in [3.8, 4) is 11.6 Å². The molecule has 3 N–H and O–H groups in total. The lowest BCUT2D eigenvalue weighted by atomic mass is 9.87. The molecule has 20 heteroatoms. The highest BCUT2D eigenvalue weighted by Crippen LogP contribution is 2.48. The number of nitrogens with zero attached hydrogens (tertiary/aromatic N) is 3. The molecule has 1 saturated heterocycles. The summed E-state index contributed by atoms with van der Waals surface area (Å²) in [6.07, 6.45) is -1.79. The van der Waals surface area contributed by atoms with E-state index in [0.717, 1.165) is 0 Å². The minimum absolute atomic E-state index is 0.0816. The zero-order valence-electron chi connectivity index (χ0n) is 36.3. The molecule has 2 aliphatic heterocycles. The summed E-state index contributed by atoms with van der Waals surface area (Å²) in [5.74, 6) is -3.61. The van der Waals surface area contributed by atoms with E-state index in [4.69, 9.17) is 28.9 Å². The fourth-order valence-corrected chi connectivity index (χ4v) is 9.33. The van der Waals surface area contributed by atoms with Crippen molar-refractivity contribution >= 4 is 44.9 Å². The van der Waals surface area contributed by atoms with E-state index in [0.29, 0.717) is 62.0 Å². The van der Waals surface area contributed by atoms with Crippen LogP contribution in [-0.4, -0.2) is 115 Å². The third kappa shape index (κ3) is 9.75. The van der Waals surface area contributed by atoms with Crippen LogP contribution in [0.1, 0.15) is 98.1 Å². The predicted octanol–water partition coefficient (Wildman–Crippen LogP) is 5.06. The van der Waals surface area contributed by atoms with Crippen LogP contribution in [0, 0.1) is 17.8 Å². The minimum Gasteiger partial charge on any atom is -0.497 e. The maximum atomic E-state index is 15.1. The smallest absolute Gasteiger partial charge is 0.427 e. The summed E-state index contributed by atoms with van der Waals surface area (Å²) in [5, 5.41) is 5.20. The van der Waals surface area contributed by atoms with Gasteiger partial charge in [0, 0.05) is 37.4 Å². The van der Waals surface area contributed by atoms with Gasteiger partial charge in [0.25, 0.3) is 5.91 Å². The number of allylic oxidation sites excluding steroid dienone is 1. The lowest BCUT2D eigenvalue weighted by Gasteiger charge is -2.35. The quantitative estimate of drug-likeness (QED) is 0.254. The summed E-state index contributed by atoms with van der Waals surface area (Å²) in [7, 11) is -1.21. The van der Waals surface area contributed by atoms with Gasteiger partial charge in [-0.05, 0) is 77.3 Å². The molecule has 4 amide bonds. The van der Waals surface area contributed by atoms with Crippen molar-refractivity contribution < 1.29 is 59.7 Å². The summed E-state index contributed by atoms with van der Waals surface area (Å²) in [5.41, 5.74) is -3.10. The number of sulfonamides is 1. The van der Waals surface area contributed by atoms with Gasteiger partial charge >= 0.3 is 12.3 Å². The second-order valence-electron chi connectivity index (χ2n) is 18.1. The molecule has 342 valence electrons. The molecule has 7 atom stereocenters. The number of aromatic nitrogens is 2. The van der Waals surface area contributed by atoms with Gasteiger partial charge < -0.3 is 34.5 Å². The Morgan fingerprint density at radius 1 is 1.08 bits per heavy atom.